The van der Waals surface area contributed by atoms with Crippen molar-refractivity contribution < 1.29 is 27.4 Å². The third-order valence-corrected chi connectivity index (χ3v) is 3.00. The largest absolute Gasteiger partial charge is 0.573 e. The second kappa shape index (κ2) is 5.70. The number of hydrogen-bond acceptors (Lipinski definition) is 4. The molecule has 1 aromatic rings. The molecule has 0 aliphatic carbocycles. The second-order valence-corrected chi connectivity index (χ2v) is 4.51. The quantitative estimate of drug-likeness (QED) is 0.865. The number of benzene rings is 1. The monoisotopic (exact) mass is 289 g/mol. The molecule has 0 aromatic heterocycles. The Bertz CT molecular complexity index is 473. The van der Waals surface area contributed by atoms with E-state index in [0.717, 1.165) is 5.56 Å². The van der Waals surface area contributed by atoms with Crippen molar-refractivity contribution in [3.05, 3.63) is 29.8 Å². The Hall–Kier alpha value is -1.76. The van der Waals surface area contributed by atoms with Crippen LogP contribution in [0.3, 0.4) is 0 Å². The first-order chi connectivity index (χ1) is 9.35. The molecule has 2 rings (SSSR count). The molecule has 2 atom stereocenters. The number of halogens is 3. The predicted molar refractivity (Wildman–Crippen MR) is 64.0 cm³/mol. The van der Waals surface area contributed by atoms with Gasteiger partial charge in [0, 0.05) is 12.5 Å². The molecule has 2 unspecified atom stereocenters. The third-order valence-electron chi connectivity index (χ3n) is 3.00. The number of hydrogen-bond donors (Lipinski definition) is 1. The van der Waals surface area contributed by atoms with Crippen LogP contribution in [0.1, 0.15) is 24.9 Å². The highest BCUT2D eigenvalue weighted by molar-refractivity contribution is 5.77. The fourth-order valence-corrected chi connectivity index (χ4v) is 2.00. The SMILES string of the molecule is CC(NC1CCOC1=O)c1ccc(OC(F)(F)F)cc1. The summed E-state index contributed by atoms with van der Waals surface area (Å²) < 4.78 is 44.7. The summed E-state index contributed by atoms with van der Waals surface area (Å²) in [5, 5.41) is 3.08. The van der Waals surface area contributed by atoms with E-state index in [1.807, 2.05) is 6.92 Å². The molecular formula is C13H14F3NO3. The lowest BCUT2D eigenvalue weighted by atomic mass is 10.1. The van der Waals surface area contributed by atoms with Crippen molar-refractivity contribution in [3.8, 4) is 5.75 Å². The molecule has 0 radical (unpaired) electrons. The van der Waals surface area contributed by atoms with Gasteiger partial charge in [0.25, 0.3) is 0 Å². The Labute approximate surface area is 113 Å². The molecule has 20 heavy (non-hydrogen) atoms. The molecule has 0 saturated carbocycles. The van der Waals surface area contributed by atoms with Crippen molar-refractivity contribution in [2.45, 2.75) is 31.8 Å². The predicted octanol–water partition coefficient (Wildman–Crippen LogP) is 2.55. The highest BCUT2D eigenvalue weighted by Crippen LogP contribution is 2.24. The van der Waals surface area contributed by atoms with E-state index in [4.69, 9.17) is 4.74 Å². The molecular weight excluding hydrogens is 275 g/mol. The smallest absolute Gasteiger partial charge is 0.464 e. The zero-order chi connectivity index (χ0) is 14.8. The van der Waals surface area contributed by atoms with E-state index in [1.54, 1.807) is 0 Å². The summed E-state index contributed by atoms with van der Waals surface area (Å²) in [5.41, 5.74) is 0.763. The Balaban J connectivity index is 1.96. The average molecular weight is 289 g/mol. The van der Waals surface area contributed by atoms with E-state index in [2.05, 4.69) is 10.1 Å². The van der Waals surface area contributed by atoms with E-state index >= 15 is 0 Å². The first kappa shape index (κ1) is 14.6. The minimum absolute atomic E-state index is 0.175. The van der Waals surface area contributed by atoms with Gasteiger partial charge >= 0.3 is 12.3 Å². The molecule has 1 heterocycles. The summed E-state index contributed by atoms with van der Waals surface area (Å²) in [5.74, 6) is -0.567. The van der Waals surface area contributed by atoms with E-state index in [-0.39, 0.29) is 23.8 Å². The lowest BCUT2D eigenvalue weighted by Crippen LogP contribution is -2.35. The maximum absolute atomic E-state index is 12.0. The van der Waals surface area contributed by atoms with Crippen LogP contribution in [-0.2, 0) is 9.53 Å². The fourth-order valence-electron chi connectivity index (χ4n) is 2.00. The van der Waals surface area contributed by atoms with Gasteiger partial charge in [-0.05, 0) is 24.6 Å². The van der Waals surface area contributed by atoms with Crippen molar-refractivity contribution in [1.82, 2.24) is 5.32 Å². The number of nitrogens with one attached hydrogen (secondary N) is 1. The zero-order valence-corrected chi connectivity index (χ0v) is 10.7. The molecule has 0 amide bonds. The standard InChI is InChI=1S/C13H14F3NO3/c1-8(17-11-6-7-19-12(11)18)9-2-4-10(5-3-9)20-13(14,15)16/h2-5,8,11,17H,6-7H2,1H3. The summed E-state index contributed by atoms with van der Waals surface area (Å²) >= 11 is 0. The molecule has 110 valence electrons. The number of ether oxygens (including phenoxy) is 2. The van der Waals surface area contributed by atoms with Gasteiger partial charge in [0.15, 0.2) is 0 Å². The molecule has 1 aromatic carbocycles. The minimum atomic E-state index is -4.70. The second-order valence-electron chi connectivity index (χ2n) is 4.51. The minimum Gasteiger partial charge on any atom is -0.464 e. The Morgan fingerprint density at radius 3 is 2.50 bits per heavy atom. The Morgan fingerprint density at radius 2 is 2.00 bits per heavy atom. The van der Waals surface area contributed by atoms with Gasteiger partial charge in [0.2, 0.25) is 0 Å². The summed E-state index contributed by atoms with van der Waals surface area (Å²) in [7, 11) is 0. The molecule has 1 aliphatic heterocycles. The van der Waals surface area contributed by atoms with Crippen molar-refractivity contribution in [1.29, 1.82) is 0 Å². The fraction of sp³-hybridized carbons (Fsp3) is 0.462. The van der Waals surface area contributed by atoms with Crippen LogP contribution in [0.25, 0.3) is 0 Å². The topological polar surface area (TPSA) is 47.6 Å². The van der Waals surface area contributed by atoms with Crippen molar-refractivity contribution in [2.24, 2.45) is 0 Å². The van der Waals surface area contributed by atoms with Crippen LogP contribution >= 0.6 is 0 Å². The van der Waals surface area contributed by atoms with Gasteiger partial charge in [-0.25, -0.2) is 0 Å². The van der Waals surface area contributed by atoms with Crippen molar-refractivity contribution in [3.63, 3.8) is 0 Å². The zero-order valence-electron chi connectivity index (χ0n) is 10.7. The summed E-state index contributed by atoms with van der Waals surface area (Å²) in [6.45, 7) is 2.22. The molecule has 1 aliphatic rings. The summed E-state index contributed by atoms with van der Waals surface area (Å²) in [6, 6.07) is 5.00. The van der Waals surface area contributed by atoms with E-state index in [0.29, 0.717) is 13.0 Å². The molecule has 1 fully saturated rings. The number of esters is 1. The van der Waals surface area contributed by atoms with Crippen LogP contribution in [0.4, 0.5) is 13.2 Å². The maximum atomic E-state index is 12.0. The van der Waals surface area contributed by atoms with Gasteiger partial charge < -0.3 is 9.47 Å². The van der Waals surface area contributed by atoms with E-state index in [9.17, 15) is 18.0 Å². The van der Waals surface area contributed by atoms with Gasteiger partial charge in [0.05, 0.1) is 6.61 Å². The number of carbonyl (C=O) groups excluding carboxylic acids is 1. The van der Waals surface area contributed by atoms with E-state index < -0.39 is 6.36 Å². The average Bonchev–Trinajstić information content (AvgIpc) is 2.74. The van der Waals surface area contributed by atoms with E-state index in [1.165, 1.54) is 24.3 Å². The third kappa shape index (κ3) is 3.86. The first-order valence-electron chi connectivity index (χ1n) is 6.13. The Kier molecular flexibility index (Phi) is 4.17. The van der Waals surface area contributed by atoms with Crippen LogP contribution < -0.4 is 10.1 Å². The molecule has 7 heteroatoms. The molecule has 4 nitrogen and oxygen atoms in total. The van der Waals surface area contributed by atoms with Gasteiger partial charge in [0.1, 0.15) is 11.8 Å². The molecule has 0 bridgehead atoms. The molecule has 1 saturated heterocycles. The lowest BCUT2D eigenvalue weighted by Gasteiger charge is -2.17. The van der Waals surface area contributed by atoms with Crippen molar-refractivity contribution in [2.75, 3.05) is 6.61 Å². The van der Waals surface area contributed by atoms with Crippen LogP contribution in [0.5, 0.6) is 5.75 Å². The molecule has 0 spiro atoms. The van der Waals surface area contributed by atoms with Crippen LogP contribution in [-0.4, -0.2) is 25.0 Å². The van der Waals surface area contributed by atoms with Gasteiger partial charge in [-0.1, -0.05) is 12.1 Å². The van der Waals surface area contributed by atoms with Gasteiger partial charge in [-0.2, -0.15) is 0 Å². The number of cyclic esters (lactones) is 1. The highest BCUT2D eigenvalue weighted by atomic mass is 19.4. The van der Waals surface area contributed by atoms with Gasteiger partial charge in [-0.3, -0.25) is 10.1 Å². The lowest BCUT2D eigenvalue weighted by molar-refractivity contribution is -0.274. The van der Waals surface area contributed by atoms with Crippen molar-refractivity contribution >= 4 is 5.97 Å². The summed E-state index contributed by atoms with van der Waals surface area (Å²) in [6.07, 6.45) is -4.10. The Morgan fingerprint density at radius 1 is 1.35 bits per heavy atom. The maximum Gasteiger partial charge on any atom is 0.573 e. The highest BCUT2D eigenvalue weighted by Gasteiger charge is 2.31. The number of rotatable bonds is 4. The summed E-state index contributed by atoms with van der Waals surface area (Å²) in [4.78, 5) is 11.3. The normalized spacial score (nSPS) is 20.6. The molecule has 1 N–H and O–H groups in total. The van der Waals surface area contributed by atoms with Crippen LogP contribution in [0.2, 0.25) is 0 Å². The van der Waals surface area contributed by atoms with Gasteiger partial charge in [-0.15, -0.1) is 13.2 Å². The first-order valence-corrected chi connectivity index (χ1v) is 6.13. The number of carbonyl (C=O) groups is 1. The van der Waals surface area contributed by atoms with Crippen LogP contribution in [0.15, 0.2) is 24.3 Å². The van der Waals surface area contributed by atoms with Crippen LogP contribution in [0, 0.1) is 0 Å². The number of alkyl halides is 3.